The Kier molecular flexibility index (Phi) is 4.26. The predicted octanol–water partition coefficient (Wildman–Crippen LogP) is 4.31. The van der Waals surface area contributed by atoms with Crippen molar-refractivity contribution in [3.8, 4) is 11.6 Å². The van der Waals surface area contributed by atoms with Crippen LogP contribution in [0.2, 0.25) is 0 Å². The summed E-state index contributed by atoms with van der Waals surface area (Å²) >= 11 is 0. The van der Waals surface area contributed by atoms with E-state index in [9.17, 15) is 9.90 Å². The Morgan fingerprint density at radius 1 is 1.19 bits per heavy atom. The number of pyridine rings is 1. The largest absolute Gasteiger partial charge is 0.477 e. The second-order valence-electron chi connectivity index (χ2n) is 5.39. The monoisotopic (exact) mass is 285 g/mol. The van der Waals surface area contributed by atoms with Crippen LogP contribution in [-0.4, -0.2) is 16.1 Å². The molecule has 0 spiro atoms. The number of ether oxygens (including phenoxy) is 1. The van der Waals surface area contributed by atoms with Gasteiger partial charge in [-0.2, -0.15) is 0 Å². The molecular weight excluding hydrogens is 266 g/mol. The number of aromatic carboxylic acids is 1. The van der Waals surface area contributed by atoms with Crippen molar-refractivity contribution in [2.45, 2.75) is 33.6 Å². The summed E-state index contributed by atoms with van der Waals surface area (Å²) < 4.78 is 5.78. The molecule has 0 fully saturated rings. The lowest BCUT2D eigenvalue weighted by atomic mass is 10.0. The van der Waals surface area contributed by atoms with E-state index in [0.717, 1.165) is 11.1 Å². The first kappa shape index (κ1) is 15.0. The van der Waals surface area contributed by atoms with Crippen molar-refractivity contribution in [1.29, 1.82) is 0 Å². The molecule has 1 aromatic heterocycles. The van der Waals surface area contributed by atoms with Crippen LogP contribution >= 0.6 is 0 Å². The van der Waals surface area contributed by atoms with Gasteiger partial charge in [0.2, 0.25) is 5.88 Å². The van der Waals surface area contributed by atoms with Crippen LogP contribution in [0.15, 0.2) is 30.3 Å². The molecule has 0 bridgehead atoms. The quantitative estimate of drug-likeness (QED) is 0.909. The number of benzene rings is 1. The fraction of sp³-hybridized carbons (Fsp3) is 0.294. The molecule has 0 aliphatic carbocycles. The van der Waals surface area contributed by atoms with E-state index in [-0.39, 0.29) is 11.4 Å². The molecule has 110 valence electrons. The zero-order valence-corrected chi connectivity index (χ0v) is 12.7. The van der Waals surface area contributed by atoms with Crippen LogP contribution in [0.5, 0.6) is 11.6 Å². The van der Waals surface area contributed by atoms with E-state index >= 15 is 0 Å². The summed E-state index contributed by atoms with van der Waals surface area (Å²) in [5, 5.41) is 9.23. The van der Waals surface area contributed by atoms with Crippen LogP contribution in [0.25, 0.3) is 0 Å². The Bertz CT molecular complexity index is 678. The Balaban J connectivity index is 2.44. The zero-order chi connectivity index (χ0) is 15.6. The van der Waals surface area contributed by atoms with Gasteiger partial charge >= 0.3 is 5.97 Å². The van der Waals surface area contributed by atoms with Gasteiger partial charge in [-0.05, 0) is 49.1 Å². The number of aryl methyl sites for hydroxylation is 2. The van der Waals surface area contributed by atoms with E-state index in [1.165, 1.54) is 6.07 Å². The molecule has 4 heteroatoms. The van der Waals surface area contributed by atoms with Crippen molar-refractivity contribution in [3.05, 3.63) is 52.7 Å². The van der Waals surface area contributed by atoms with Gasteiger partial charge in [0, 0.05) is 5.69 Å². The van der Waals surface area contributed by atoms with Gasteiger partial charge in [0.05, 0.1) is 0 Å². The maximum atomic E-state index is 11.3. The maximum absolute atomic E-state index is 11.3. The van der Waals surface area contributed by atoms with Crippen molar-refractivity contribution >= 4 is 5.97 Å². The maximum Gasteiger partial charge on any atom is 0.341 e. The lowest BCUT2D eigenvalue weighted by molar-refractivity contribution is 0.0693. The minimum atomic E-state index is -1.05. The van der Waals surface area contributed by atoms with Crippen LogP contribution in [0, 0.1) is 13.8 Å². The van der Waals surface area contributed by atoms with Gasteiger partial charge in [-0.15, -0.1) is 0 Å². The molecule has 0 unspecified atom stereocenters. The average Bonchev–Trinajstić information content (AvgIpc) is 2.40. The highest BCUT2D eigenvalue weighted by Gasteiger charge is 2.15. The van der Waals surface area contributed by atoms with E-state index in [2.05, 4.69) is 24.9 Å². The molecule has 0 radical (unpaired) electrons. The summed E-state index contributed by atoms with van der Waals surface area (Å²) in [5.74, 6) is 0.0980. The molecule has 1 aromatic carbocycles. The standard InChI is InChI=1S/C17H19NO3/c1-10(2)13-7-5-11(3)15(9-13)21-16-14(17(19)20)8-6-12(4)18-16/h5-10H,1-4H3,(H,19,20). The highest BCUT2D eigenvalue weighted by molar-refractivity contribution is 5.90. The van der Waals surface area contributed by atoms with Gasteiger partial charge in [0.25, 0.3) is 0 Å². The van der Waals surface area contributed by atoms with Gasteiger partial charge < -0.3 is 9.84 Å². The number of hydrogen-bond acceptors (Lipinski definition) is 3. The fourth-order valence-corrected chi connectivity index (χ4v) is 1.96. The highest BCUT2D eigenvalue weighted by atomic mass is 16.5. The number of carboxylic acids is 1. The lowest BCUT2D eigenvalue weighted by Crippen LogP contribution is -2.03. The van der Waals surface area contributed by atoms with E-state index in [4.69, 9.17) is 4.74 Å². The number of hydrogen-bond donors (Lipinski definition) is 1. The first-order valence-electron chi connectivity index (χ1n) is 6.88. The van der Waals surface area contributed by atoms with Crippen LogP contribution in [0.1, 0.15) is 46.9 Å². The van der Waals surface area contributed by atoms with Crippen LogP contribution in [0.4, 0.5) is 0 Å². The predicted molar refractivity (Wildman–Crippen MR) is 81.3 cm³/mol. The summed E-state index contributed by atoms with van der Waals surface area (Å²) in [7, 11) is 0. The van der Waals surface area contributed by atoms with Crippen LogP contribution in [0.3, 0.4) is 0 Å². The molecular formula is C17H19NO3. The third-order valence-electron chi connectivity index (χ3n) is 3.32. The number of rotatable bonds is 4. The Morgan fingerprint density at radius 2 is 1.90 bits per heavy atom. The number of carbonyl (C=O) groups is 1. The molecule has 1 N–H and O–H groups in total. The second-order valence-corrected chi connectivity index (χ2v) is 5.39. The molecule has 0 atom stereocenters. The van der Waals surface area contributed by atoms with Gasteiger partial charge in [0.1, 0.15) is 11.3 Å². The Labute approximate surface area is 124 Å². The van der Waals surface area contributed by atoms with Gasteiger partial charge in [0.15, 0.2) is 0 Å². The topological polar surface area (TPSA) is 59.4 Å². The molecule has 4 nitrogen and oxygen atoms in total. The Hall–Kier alpha value is -2.36. The van der Waals surface area contributed by atoms with Crippen molar-refractivity contribution in [3.63, 3.8) is 0 Å². The molecule has 21 heavy (non-hydrogen) atoms. The molecule has 1 heterocycles. The number of aromatic nitrogens is 1. The van der Waals surface area contributed by atoms with E-state index in [1.807, 2.05) is 19.1 Å². The third kappa shape index (κ3) is 3.40. The third-order valence-corrected chi connectivity index (χ3v) is 3.32. The van der Waals surface area contributed by atoms with Crippen LogP contribution < -0.4 is 4.74 Å². The molecule has 0 aliphatic heterocycles. The fourth-order valence-electron chi connectivity index (χ4n) is 1.96. The smallest absolute Gasteiger partial charge is 0.341 e. The zero-order valence-electron chi connectivity index (χ0n) is 12.7. The van der Waals surface area contributed by atoms with Crippen molar-refractivity contribution in [2.75, 3.05) is 0 Å². The van der Waals surface area contributed by atoms with Crippen molar-refractivity contribution in [1.82, 2.24) is 4.98 Å². The summed E-state index contributed by atoms with van der Waals surface area (Å²) in [6.07, 6.45) is 0. The van der Waals surface area contributed by atoms with Gasteiger partial charge in [-0.3, -0.25) is 0 Å². The number of nitrogens with zero attached hydrogens (tertiary/aromatic N) is 1. The molecule has 2 aromatic rings. The summed E-state index contributed by atoms with van der Waals surface area (Å²) in [5.41, 5.74) is 2.86. The van der Waals surface area contributed by atoms with Crippen LogP contribution in [-0.2, 0) is 0 Å². The normalized spacial score (nSPS) is 10.7. The average molecular weight is 285 g/mol. The molecule has 0 saturated heterocycles. The minimum absolute atomic E-state index is 0.0648. The lowest BCUT2D eigenvalue weighted by Gasteiger charge is -2.13. The molecule has 2 rings (SSSR count). The summed E-state index contributed by atoms with van der Waals surface area (Å²) in [6, 6.07) is 9.14. The van der Waals surface area contributed by atoms with Gasteiger partial charge in [-0.25, -0.2) is 9.78 Å². The molecule has 0 aliphatic rings. The SMILES string of the molecule is Cc1ccc(C(=O)O)c(Oc2cc(C(C)C)ccc2C)n1. The van der Waals surface area contributed by atoms with E-state index < -0.39 is 5.97 Å². The minimum Gasteiger partial charge on any atom is -0.477 e. The van der Waals surface area contributed by atoms with E-state index in [0.29, 0.717) is 17.4 Å². The first-order valence-corrected chi connectivity index (χ1v) is 6.88. The summed E-state index contributed by atoms with van der Waals surface area (Å²) in [4.78, 5) is 15.5. The van der Waals surface area contributed by atoms with Crippen molar-refractivity contribution < 1.29 is 14.6 Å². The van der Waals surface area contributed by atoms with E-state index in [1.54, 1.807) is 13.0 Å². The number of carboxylic acid groups (broad SMARTS) is 1. The van der Waals surface area contributed by atoms with Gasteiger partial charge in [-0.1, -0.05) is 26.0 Å². The highest BCUT2D eigenvalue weighted by Crippen LogP contribution is 2.29. The second kappa shape index (κ2) is 5.95. The van der Waals surface area contributed by atoms with Crippen molar-refractivity contribution in [2.24, 2.45) is 0 Å². The summed E-state index contributed by atoms with van der Waals surface area (Å²) in [6.45, 7) is 7.93. The Morgan fingerprint density at radius 3 is 2.52 bits per heavy atom. The molecule has 0 saturated carbocycles. The molecule has 0 amide bonds. The first-order chi connectivity index (χ1) is 9.88.